The molecule has 2 aromatic rings. The minimum atomic E-state index is -4.01. The average Bonchev–Trinajstić information content (AvgIpc) is 3.07. The van der Waals surface area contributed by atoms with E-state index in [1.54, 1.807) is 24.4 Å². The summed E-state index contributed by atoms with van der Waals surface area (Å²) in [5.74, 6) is -1.06. The molecule has 0 spiro atoms. The van der Waals surface area contributed by atoms with E-state index < -0.39 is 30.9 Å². The lowest BCUT2D eigenvalue weighted by atomic mass is 10.2. The molecule has 10 heteroatoms. The van der Waals surface area contributed by atoms with Crippen LogP contribution >= 0.6 is 11.3 Å². The average molecular weight is 434 g/mol. The van der Waals surface area contributed by atoms with Gasteiger partial charge in [0, 0.05) is 18.0 Å². The fourth-order valence-corrected chi connectivity index (χ4v) is 7.61. The highest BCUT2D eigenvalue weighted by Gasteiger charge is 2.36. The van der Waals surface area contributed by atoms with E-state index in [1.807, 2.05) is 0 Å². The lowest BCUT2D eigenvalue weighted by Gasteiger charge is -2.20. The minimum Gasteiger partial charge on any atom is -0.491 e. The molecule has 1 saturated heterocycles. The first kappa shape index (κ1) is 20.2. The smallest absolute Gasteiger partial charge is 0.243 e. The molecule has 1 fully saturated rings. The summed E-state index contributed by atoms with van der Waals surface area (Å²) in [5.41, 5.74) is 0. The number of benzene rings is 1. The molecule has 27 heavy (non-hydrogen) atoms. The fourth-order valence-electron chi connectivity index (χ4n) is 3.02. The molecule has 0 N–H and O–H groups in total. The zero-order valence-electron chi connectivity index (χ0n) is 14.7. The summed E-state index contributed by atoms with van der Waals surface area (Å²) in [5, 5.41) is 1.09. The highest BCUT2D eigenvalue weighted by molar-refractivity contribution is 7.92. The second kappa shape index (κ2) is 7.86. The van der Waals surface area contributed by atoms with E-state index in [2.05, 4.69) is 0 Å². The third-order valence-electron chi connectivity index (χ3n) is 4.40. The van der Waals surface area contributed by atoms with Crippen molar-refractivity contribution in [2.75, 3.05) is 25.4 Å². The molecule has 0 aliphatic carbocycles. The second-order valence-corrected chi connectivity index (χ2v) is 11.3. The van der Waals surface area contributed by atoms with Crippen molar-refractivity contribution in [2.24, 2.45) is 0 Å². The van der Waals surface area contributed by atoms with Gasteiger partial charge in [-0.15, -0.1) is 11.3 Å². The number of nitrogens with zero attached hydrogens (tertiary/aromatic N) is 1. The maximum atomic E-state index is 14.1. The molecule has 1 aromatic heterocycles. The quantitative estimate of drug-likeness (QED) is 0.724. The first-order valence-corrected chi connectivity index (χ1v) is 12.5. The van der Waals surface area contributed by atoms with E-state index in [9.17, 15) is 21.2 Å². The van der Waals surface area contributed by atoms with Gasteiger partial charge in [-0.3, -0.25) is 0 Å². The van der Waals surface area contributed by atoms with Gasteiger partial charge in [-0.2, -0.15) is 4.31 Å². The summed E-state index contributed by atoms with van der Waals surface area (Å²) >= 11 is 1.34. The van der Waals surface area contributed by atoms with Crippen molar-refractivity contribution < 1.29 is 26.0 Å². The van der Waals surface area contributed by atoms with Crippen LogP contribution in [0.2, 0.25) is 0 Å². The van der Waals surface area contributed by atoms with Gasteiger partial charge in [-0.1, -0.05) is 6.07 Å². The Morgan fingerprint density at radius 1 is 1.30 bits per heavy atom. The number of ether oxygens (including phenoxy) is 1. The van der Waals surface area contributed by atoms with Crippen molar-refractivity contribution in [3.8, 4) is 5.75 Å². The highest BCUT2D eigenvalue weighted by atomic mass is 32.2. The second-order valence-electron chi connectivity index (χ2n) is 6.09. The van der Waals surface area contributed by atoms with Gasteiger partial charge in [-0.05, 0) is 43.0 Å². The van der Waals surface area contributed by atoms with Gasteiger partial charge >= 0.3 is 0 Å². The number of hydrogen-bond donors (Lipinski definition) is 0. The van der Waals surface area contributed by atoms with Crippen LogP contribution in [0.4, 0.5) is 4.39 Å². The van der Waals surface area contributed by atoms with Gasteiger partial charge in [0.2, 0.25) is 10.0 Å². The van der Waals surface area contributed by atoms with Gasteiger partial charge in [-0.25, -0.2) is 21.2 Å². The minimum absolute atomic E-state index is 0.0207. The standard InChI is InChI=1S/C17H20FNO5S3/c1-2-24-15-6-5-13(12-14(15)18)27(22,23)19-8-7-17(16-4-3-10-25-16)26(20,21)11-9-19/h3-6,10,12,17H,2,7-9,11H2,1H3/t17-/m0/s1. The van der Waals surface area contributed by atoms with Crippen LogP contribution in [0.1, 0.15) is 23.5 Å². The Hall–Kier alpha value is -1.49. The molecule has 1 aromatic carbocycles. The Labute approximate surface area is 162 Å². The van der Waals surface area contributed by atoms with Crippen molar-refractivity contribution >= 4 is 31.2 Å². The highest BCUT2D eigenvalue weighted by Crippen LogP contribution is 2.34. The molecule has 0 saturated carbocycles. The van der Waals surface area contributed by atoms with Crippen LogP contribution in [0.15, 0.2) is 40.6 Å². The Morgan fingerprint density at radius 2 is 2.07 bits per heavy atom. The van der Waals surface area contributed by atoms with E-state index in [1.165, 1.54) is 23.5 Å². The zero-order valence-corrected chi connectivity index (χ0v) is 17.1. The van der Waals surface area contributed by atoms with Crippen LogP contribution in [-0.4, -0.2) is 46.6 Å². The maximum absolute atomic E-state index is 14.1. The van der Waals surface area contributed by atoms with E-state index in [0.717, 1.165) is 10.4 Å². The third-order valence-corrected chi connectivity index (χ3v) is 9.54. The Kier molecular flexibility index (Phi) is 5.90. The van der Waals surface area contributed by atoms with Crippen LogP contribution in [0, 0.1) is 5.82 Å². The number of thiophene rings is 1. The third kappa shape index (κ3) is 4.18. The van der Waals surface area contributed by atoms with Crippen LogP contribution < -0.4 is 4.74 Å². The summed E-state index contributed by atoms with van der Waals surface area (Å²) < 4.78 is 71.3. The van der Waals surface area contributed by atoms with Crippen molar-refractivity contribution in [1.82, 2.24) is 4.31 Å². The lowest BCUT2D eigenvalue weighted by molar-refractivity contribution is 0.321. The van der Waals surface area contributed by atoms with E-state index in [0.29, 0.717) is 4.88 Å². The molecule has 0 bridgehead atoms. The number of halogens is 1. The number of hydrogen-bond acceptors (Lipinski definition) is 6. The first-order chi connectivity index (χ1) is 12.8. The molecule has 1 aliphatic heterocycles. The predicted octanol–water partition coefficient (Wildman–Crippen LogP) is 2.84. The topological polar surface area (TPSA) is 80.8 Å². The number of rotatable bonds is 5. The summed E-state index contributed by atoms with van der Waals surface area (Å²) in [6, 6.07) is 6.99. The molecule has 0 radical (unpaired) electrons. The van der Waals surface area contributed by atoms with Gasteiger partial charge in [0.25, 0.3) is 0 Å². The summed E-state index contributed by atoms with van der Waals surface area (Å²) in [6.07, 6.45) is 0.168. The van der Waals surface area contributed by atoms with Gasteiger partial charge in [0.15, 0.2) is 21.4 Å². The molecule has 0 unspecified atom stereocenters. The molecule has 6 nitrogen and oxygen atoms in total. The Balaban J connectivity index is 1.87. The molecular weight excluding hydrogens is 413 g/mol. The monoisotopic (exact) mass is 433 g/mol. The molecule has 2 heterocycles. The normalized spacial score (nSPS) is 20.9. The summed E-state index contributed by atoms with van der Waals surface area (Å²) in [7, 11) is -7.48. The molecule has 3 rings (SSSR count). The lowest BCUT2D eigenvalue weighted by Crippen LogP contribution is -2.33. The molecule has 0 amide bonds. The van der Waals surface area contributed by atoms with Gasteiger partial charge in [0.1, 0.15) is 0 Å². The van der Waals surface area contributed by atoms with Crippen molar-refractivity contribution in [3.63, 3.8) is 0 Å². The maximum Gasteiger partial charge on any atom is 0.243 e. The van der Waals surface area contributed by atoms with Crippen molar-refractivity contribution in [1.29, 1.82) is 0 Å². The Bertz CT molecular complexity index is 1000. The fraction of sp³-hybridized carbons (Fsp3) is 0.412. The Morgan fingerprint density at radius 3 is 2.70 bits per heavy atom. The van der Waals surface area contributed by atoms with Crippen LogP contribution in [-0.2, 0) is 19.9 Å². The van der Waals surface area contributed by atoms with Crippen molar-refractivity contribution in [3.05, 3.63) is 46.4 Å². The van der Waals surface area contributed by atoms with E-state index in [4.69, 9.17) is 4.74 Å². The molecule has 1 atom stereocenters. The molecular formula is C17H20FNO5S3. The largest absolute Gasteiger partial charge is 0.491 e. The van der Waals surface area contributed by atoms with Gasteiger partial charge < -0.3 is 4.74 Å². The molecule has 1 aliphatic rings. The van der Waals surface area contributed by atoms with E-state index in [-0.39, 0.29) is 42.5 Å². The van der Waals surface area contributed by atoms with Crippen LogP contribution in [0.25, 0.3) is 0 Å². The zero-order chi connectivity index (χ0) is 19.7. The number of sulfonamides is 1. The first-order valence-electron chi connectivity index (χ1n) is 8.43. The SMILES string of the molecule is CCOc1ccc(S(=O)(=O)N2CC[C@@H](c3cccs3)S(=O)(=O)CC2)cc1F. The van der Waals surface area contributed by atoms with Crippen molar-refractivity contribution in [2.45, 2.75) is 23.5 Å². The predicted molar refractivity (Wildman–Crippen MR) is 102 cm³/mol. The van der Waals surface area contributed by atoms with Crippen LogP contribution in [0.5, 0.6) is 5.75 Å². The summed E-state index contributed by atoms with van der Waals surface area (Å²) in [6.45, 7) is 1.86. The van der Waals surface area contributed by atoms with Gasteiger partial charge in [0.05, 0.1) is 22.5 Å². The molecule has 148 valence electrons. The van der Waals surface area contributed by atoms with Crippen LogP contribution in [0.3, 0.4) is 0 Å². The number of sulfone groups is 1. The summed E-state index contributed by atoms with van der Waals surface area (Å²) in [4.78, 5) is 0.497. The van der Waals surface area contributed by atoms with E-state index >= 15 is 0 Å².